The van der Waals surface area contributed by atoms with E-state index >= 15 is 0 Å². The van der Waals surface area contributed by atoms with E-state index in [1.165, 1.54) is 18.4 Å². The average Bonchev–Trinajstić information content (AvgIpc) is 3.51. The third-order valence-corrected chi connectivity index (χ3v) is 7.33. The predicted molar refractivity (Wildman–Crippen MR) is 143 cm³/mol. The molecule has 0 spiro atoms. The van der Waals surface area contributed by atoms with E-state index in [0.29, 0.717) is 11.1 Å². The molecule has 7 nitrogen and oxygen atoms in total. The van der Waals surface area contributed by atoms with Gasteiger partial charge in [-0.2, -0.15) is 5.10 Å². The Bertz CT molecular complexity index is 1880. The summed E-state index contributed by atoms with van der Waals surface area (Å²) in [6, 6.07) is 16.6. The zero-order valence-corrected chi connectivity index (χ0v) is 20.7. The number of aromatic nitrogens is 5. The van der Waals surface area contributed by atoms with Gasteiger partial charge in [0.05, 0.1) is 28.7 Å². The lowest BCUT2D eigenvalue weighted by Crippen LogP contribution is -2.06. The van der Waals surface area contributed by atoms with E-state index in [4.69, 9.17) is 0 Å². The van der Waals surface area contributed by atoms with Crippen molar-refractivity contribution >= 4 is 31.6 Å². The van der Waals surface area contributed by atoms with E-state index in [2.05, 4.69) is 31.2 Å². The Hall–Kier alpha value is -4.37. The van der Waals surface area contributed by atoms with Gasteiger partial charge in [-0.05, 0) is 59.5 Å². The van der Waals surface area contributed by atoms with Crippen molar-refractivity contribution in [3.8, 4) is 33.6 Å². The molecule has 6 aromatic rings. The Balaban J connectivity index is 1.44. The van der Waals surface area contributed by atoms with Gasteiger partial charge in [0.25, 0.3) is 0 Å². The number of aryl methyl sites for hydroxylation is 1. The van der Waals surface area contributed by atoms with Crippen LogP contribution >= 0.6 is 0 Å². The molecule has 0 saturated carbocycles. The van der Waals surface area contributed by atoms with Gasteiger partial charge in [0.2, 0.25) is 0 Å². The van der Waals surface area contributed by atoms with Crippen molar-refractivity contribution in [1.29, 1.82) is 0 Å². The number of hydrogen-bond donors (Lipinski definition) is 2. The van der Waals surface area contributed by atoms with E-state index in [0.717, 1.165) is 49.9 Å². The summed E-state index contributed by atoms with van der Waals surface area (Å²) in [5.74, 6) is -0.463. The lowest BCUT2D eigenvalue weighted by atomic mass is 10.00. The molecule has 0 radical (unpaired) electrons. The standard InChI is InChI=1S/C28H22FN5O2S/c1-37(35,36)8-6-17-9-20(11-21(29)10-17)24-15-31-16-27-22(24)13-26(32-27)28-23-12-18(4-5-25(23)33-34-28)19-3-2-7-30-14-19/h2-5,7,9-16,32H,6,8H2,1H3,(H,33,34). The van der Waals surface area contributed by atoms with E-state index < -0.39 is 15.7 Å². The second-order valence-electron chi connectivity index (χ2n) is 9.13. The molecule has 2 N–H and O–H groups in total. The summed E-state index contributed by atoms with van der Waals surface area (Å²) >= 11 is 0. The summed E-state index contributed by atoms with van der Waals surface area (Å²) in [5, 5.41) is 9.48. The number of fused-ring (bicyclic) bond motifs is 2. The fourth-order valence-electron chi connectivity index (χ4n) is 4.59. The van der Waals surface area contributed by atoms with Gasteiger partial charge in [-0.25, -0.2) is 12.8 Å². The van der Waals surface area contributed by atoms with Crippen LogP contribution in [0.1, 0.15) is 5.56 Å². The highest BCUT2D eigenvalue weighted by atomic mass is 32.2. The van der Waals surface area contributed by atoms with Crippen LogP contribution in [0.2, 0.25) is 0 Å². The summed E-state index contributed by atoms with van der Waals surface area (Å²) in [7, 11) is -3.16. The lowest BCUT2D eigenvalue weighted by molar-refractivity contribution is 0.600. The minimum Gasteiger partial charge on any atom is -0.352 e. The van der Waals surface area contributed by atoms with Crippen molar-refractivity contribution in [2.75, 3.05) is 12.0 Å². The molecule has 4 heterocycles. The monoisotopic (exact) mass is 511 g/mol. The molecule has 0 bridgehead atoms. The highest BCUT2D eigenvalue weighted by molar-refractivity contribution is 7.90. The first-order valence-electron chi connectivity index (χ1n) is 11.7. The Labute approximate surface area is 212 Å². The molecule has 6 rings (SSSR count). The molecule has 0 aliphatic carbocycles. The maximum atomic E-state index is 14.5. The number of H-pyrrole nitrogens is 2. The lowest BCUT2D eigenvalue weighted by Gasteiger charge is -2.07. The first-order chi connectivity index (χ1) is 17.8. The zero-order valence-electron chi connectivity index (χ0n) is 19.9. The van der Waals surface area contributed by atoms with E-state index in [9.17, 15) is 12.8 Å². The summed E-state index contributed by atoms with van der Waals surface area (Å²) in [4.78, 5) is 12.0. The Morgan fingerprint density at radius 3 is 2.57 bits per heavy atom. The summed E-state index contributed by atoms with van der Waals surface area (Å²) in [6.45, 7) is 0. The van der Waals surface area contributed by atoms with Crippen molar-refractivity contribution in [2.24, 2.45) is 0 Å². The summed E-state index contributed by atoms with van der Waals surface area (Å²) < 4.78 is 37.7. The molecule has 0 atom stereocenters. The molecular weight excluding hydrogens is 489 g/mol. The van der Waals surface area contributed by atoms with E-state index in [1.54, 1.807) is 18.6 Å². The maximum absolute atomic E-state index is 14.5. The van der Waals surface area contributed by atoms with Crippen molar-refractivity contribution in [3.63, 3.8) is 0 Å². The van der Waals surface area contributed by atoms with Gasteiger partial charge in [0.15, 0.2) is 0 Å². The van der Waals surface area contributed by atoms with Gasteiger partial charge in [-0.15, -0.1) is 0 Å². The first kappa shape index (κ1) is 23.1. The molecule has 0 saturated heterocycles. The van der Waals surface area contributed by atoms with Crippen LogP contribution in [-0.2, 0) is 16.3 Å². The van der Waals surface area contributed by atoms with Gasteiger partial charge in [-0.3, -0.25) is 15.1 Å². The van der Waals surface area contributed by atoms with Crippen LogP contribution in [0.5, 0.6) is 0 Å². The second kappa shape index (κ2) is 8.94. The van der Waals surface area contributed by atoms with Crippen molar-refractivity contribution < 1.29 is 12.8 Å². The molecule has 184 valence electrons. The van der Waals surface area contributed by atoms with Crippen LogP contribution in [0.15, 0.2) is 79.4 Å². The fourth-order valence-corrected chi connectivity index (χ4v) is 5.20. The van der Waals surface area contributed by atoms with Crippen molar-refractivity contribution in [2.45, 2.75) is 6.42 Å². The topological polar surface area (TPSA) is 104 Å². The number of hydrogen-bond acceptors (Lipinski definition) is 5. The SMILES string of the molecule is CS(=O)(=O)CCc1cc(F)cc(-c2cncc3[nH]c(-c4n[nH]c5ccc(-c6cccnc6)cc45)cc23)c1. The van der Waals surface area contributed by atoms with E-state index in [-0.39, 0.29) is 12.2 Å². The zero-order chi connectivity index (χ0) is 25.6. The number of nitrogens with zero attached hydrogens (tertiary/aromatic N) is 3. The van der Waals surface area contributed by atoms with Crippen LogP contribution in [0.4, 0.5) is 4.39 Å². The summed E-state index contributed by atoms with van der Waals surface area (Å²) in [5.41, 5.74) is 7.29. The van der Waals surface area contributed by atoms with Crippen LogP contribution in [0.3, 0.4) is 0 Å². The largest absolute Gasteiger partial charge is 0.352 e. The number of halogens is 1. The predicted octanol–water partition coefficient (Wildman–Crippen LogP) is 5.56. The first-order valence-corrected chi connectivity index (χ1v) is 13.7. The third-order valence-electron chi connectivity index (χ3n) is 6.39. The van der Waals surface area contributed by atoms with Crippen LogP contribution in [0, 0.1) is 5.82 Å². The average molecular weight is 512 g/mol. The fraction of sp³-hybridized carbons (Fsp3) is 0.107. The molecule has 9 heteroatoms. The van der Waals surface area contributed by atoms with Crippen molar-refractivity contribution in [1.82, 2.24) is 25.1 Å². The highest BCUT2D eigenvalue weighted by Crippen LogP contribution is 2.35. The number of nitrogens with one attached hydrogen (secondary N) is 2. The summed E-state index contributed by atoms with van der Waals surface area (Å²) in [6.07, 6.45) is 8.40. The molecule has 2 aromatic carbocycles. The van der Waals surface area contributed by atoms with Crippen LogP contribution in [-0.4, -0.2) is 45.6 Å². The molecule has 0 amide bonds. The minimum absolute atomic E-state index is 0.0418. The van der Waals surface area contributed by atoms with Gasteiger partial charge >= 0.3 is 0 Å². The van der Waals surface area contributed by atoms with E-state index in [1.807, 2.05) is 42.6 Å². The molecule has 0 fully saturated rings. The van der Waals surface area contributed by atoms with Crippen LogP contribution in [0.25, 0.3) is 55.4 Å². The quantitative estimate of drug-likeness (QED) is 0.305. The number of aromatic amines is 2. The minimum atomic E-state index is -3.16. The highest BCUT2D eigenvalue weighted by Gasteiger charge is 2.16. The number of rotatable bonds is 6. The second-order valence-corrected chi connectivity index (χ2v) is 11.4. The molecule has 0 unspecified atom stereocenters. The third kappa shape index (κ3) is 4.61. The molecule has 0 aliphatic rings. The Morgan fingerprint density at radius 1 is 0.865 bits per heavy atom. The Kier molecular flexibility index (Phi) is 5.57. The number of sulfone groups is 1. The normalized spacial score (nSPS) is 11.9. The molecule has 37 heavy (non-hydrogen) atoms. The maximum Gasteiger partial charge on any atom is 0.147 e. The van der Waals surface area contributed by atoms with Gasteiger partial charge in [-0.1, -0.05) is 18.2 Å². The smallest absolute Gasteiger partial charge is 0.147 e. The van der Waals surface area contributed by atoms with Gasteiger partial charge in [0, 0.05) is 46.7 Å². The Morgan fingerprint density at radius 2 is 1.76 bits per heavy atom. The number of benzene rings is 2. The van der Waals surface area contributed by atoms with Gasteiger partial charge < -0.3 is 4.98 Å². The number of pyridine rings is 2. The molecule has 4 aromatic heterocycles. The van der Waals surface area contributed by atoms with Crippen LogP contribution < -0.4 is 0 Å². The molecular formula is C28H22FN5O2S. The molecule has 0 aliphatic heterocycles. The van der Waals surface area contributed by atoms with Crippen molar-refractivity contribution in [3.05, 3.63) is 90.8 Å². The van der Waals surface area contributed by atoms with Gasteiger partial charge in [0.1, 0.15) is 21.3 Å².